The molecule has 120 valence electrons. The summed E-state index contributed by atoms with van der Waals surface area (Å²) in [6, 6.07) is 6.56. The van der Waals surface area contributed by atoms with E-state index in [0.29, 0.717) is 5.69 Å². The molecule has 2 N–H and O–H groups in total. The number of rotatable bonds is 3. The second-order valence-electron chi connectivity index (χ2n) is 5.30. The number of nitrogens with zero attached hydrogens (tertiary/aromatic N) is 2. The molecule has 23 heavy (non-hydrogen) atoms. The molecule has 3 rings (SSSR count). The van der Waals surface area contributed by atoms with Crippen LogP contribution in [0.5, 0.6) is 0 Å². The first-order chi connectivity index (χ1) is 10.9. The minimum absolute atomic E-state index is 0.0573. The first-order valence-electron chi connectivity index (χ1n) is 6.92. The summed E-state index contributed by atoms with van der Waals surface area (Å²) in [5, 5.41) is 2.98. The van der Waals surface area contributed by atoms with Gasteiger partial charge in [0.1, 0.15) is 6.54 Å². The van der Waals surface area contributed by atoms with Gasteiger partial charge in [-0.1, -0.05) is 22.0 Å². The summed E-state index contributed by atoms with van der Waals surface area (Å²) >= 11 is 3.34. The average molecular weight is 381 g/mol. The first kappa shape index (κ1) is 15.5. The van der Waals surface area contributed by atoms with Crippen molar-refractivity contribution < 1.29 is 19.2 Å². The Labute approximate surface area is 139 Å². The fourth-order valence-electron chi connectivity index (χ4n) is 2.53. The molecule has 0 saturated carbocycles. The largest absolute Gasteiger partial charge is 0.343 e. The molecular weight excluding hydrogens is 368 g/mol. The Morgan fingerprint density at radius 3 is 2.74 bits per heavy atom. The Balaban J connectivity index is 1.66. The Kier molecular flexibility index (Phi) is 4.03. The van der Waals surface area contributed by atoms with Crippen LogP contribution in [0.2, 0.25) is 0 Å². The molecule has 5 amide bonds. The van der Waals surface area contributed by atoms with Crippen molar-refractivity contribution >= 4 is 45.4 Å². The van der Waals surface area contributed by atoms with Crippen molar-refractivity contribution in [3.05, 3.63) is 28.7 Å². The van der Waals surface area contributed by atoms with Gasteiger partial charge in [-0.15, -0.1) is 0 Å². The standard InChI is InChI=1S/C14H13BrN4O4/c15-9-2-1-3-10(5-9)18-6-8(4-12(18)21)13(22)17-19-7-11(20)16-14(19)23/h1-3,5,8H,4,6-7H2,(H,17,22)(H,16,20,23)/t8-/m0/s1. The van der Waals surface area contributed by atoms with Crippen LogP contribution in [0.4, 0.5) is 10.5 Å². The average Bonchev–Trinajstić information content (AvgIpc) is 3.02. The van der Waals surface area contributed by atoms with Crippen LogP contribution < -0.4 is 15.6 Å². The summed E-state index contributed by atoms with van der Waals surface area (Å²) in [7, 11) is 0. The van der Waals surface area contributed by atoms with Crippen molar-refractivity contribution in [1.29, 1.82) is 0 Å². The number of imide groups is 1. The van der Waals surface area contributed by atoms with Gasteiger partial charge in [-0.25, -0.2) is 9.80 Å². The number of carbonyl (C=O) groups excluding carboxylic acids is 4. The van der Waals surface area contributed by atoms with E-state index in [2.05, 4.69) is 26.7 Å². The third kappa shape index (κ3) is 3.19. The van der Waals surface area contributed by atoms with Gasteiger partial charge in [0.25, 0.3) is 0 Å². The Bertz CT molecular complexity index is 708. The summed E-state index contributed by atoms with van der Waals surface area (Å²) in [6.45, 7) is 0.00507. The molecule has 0 unspecified atom stereocenters. The van der Waals surface area contributed by atoms with E-state index in [1.54, 1.807) is 18.2 Å². The third-order valence-corrected chi connectivity index (χ3v) is 4.15. The smallest absolute Gasteiger partial charge is 0.312 e. The second kappa shape index (κ2) is 5.99. The Hall–Kier alpha value is -2.42. The molecule has 0 bridgehead atoms. The monoisotopic (exact) mass is 380 g/mol. The van der Waals surface area contributed by atoms with Crippen LogP contribution in [-0.4, -0.2) is 41.9 Å². The number of halogens is 1. The van der Waals surface area contributed by atoms with Gasteiger partial charge in [0.2, 0.25) is 17.7 Å². The van der Waals surface area contributed by atoms with Crippen LogP contribution in [0.3, 0.4) is 0 Å². The molecule has 1 aromatic carbocycles. The number of nitrogens with one attached hydrogen (secondary N) is 2. The van der Waals surface area contributed by atoms with Gasteiger partial charge in [0.05, 0.1) is 5.92 Å². The zero-order valence-corrected chi connectivity index (χ0v) is 13.5. The van der Waals surface area contributed by atoms with Crippen LogP contribution in [0, 0.1) is 5.92 Å². The number of amides is 5. The number of anilines is 1. The highest BCUT2D eigenvalue weighted by atomic mass is 79.9. The topological polar surface area (TPSA) is 98.8 Å². The van der Waals surface area contributed by atoms with Gasteiger partial charge in [0.15, 0.2) is 0 Å². The molecular formula is C14H13BrN4O4. The predicted octanol–water partition coefficient (Wildman–Crippen LogP) is 0.385. The minimum atomic E-state index is -0.670. The van der Waals surface area contributed by atoms with E-state index < -0.39 is 23.8 Å². The maximum Gasteiger partial charge on any atom is 0.343 e. The highest BCUT2D eigenvalue weighted by Gasteiger charge is 2.37. The molecule has 1 atom stereocenters. The summed E-state index contributed by atoms with van der Waals surface area (Å²) in [5.41, 5.74) is 3.08. The van der Waals surface area contributed by atoms with Crippen molar-refractivity contribution in [1.82, 2.24) is 15.8 Å². The van der Waals surface area contributed by atoms with Gasteiger partial charge < -0.3 is 4.90 Å². The van der Waals surface area contributed by atoms with Crippen molar-refractivity contribution in [2.45, 2.75) is 6.42 Å². The molecule has 8 nitrogen and oxygen atoms in total. The molecule has 1 aromatic rings. The molecule has 2 aliphatic rings. The fraction of sp³-hybridized carbons (Fsp3) is 0.286. The van der Waals surface area contributed by atoms with Crippen LogP contribution in [0.1, 0.15) is 6.42 Å². The molecule has 2 saturated heterocycles. The number of benzene rings is 1. The highest BCUT2D eigenvalue weighted by Crippen LogP contribution is 2.27. The maximum absolute atomic E-state index is 12.2. The summed E-state index contributed by atoms with van der Waals surface area (Å²) < 4.78 is 0.836. The van der Waals surface area contributed by atoms with E-state index in [4.69, 9.17) is 0 Å². The lowest BCUT2D eigenvalue weighted by Gasteiger charge is -2.19. The minimum Gasteiger partial charge on any atom is -0.312 e. The first-order valence-corrected chi connectivity index (χ1v) is 7.71. The quantitative estimate of drug-likeness (QED) is 0.740. The zero-order chi connectivity index (χ0) is 16.6. The van der Waals surface area contributed by atoms with Crippen molar-refractivity contribution in [2.75, 3.05) is 18.0 Å². The van der Waals surface area contributed by atoms with E-state index in [1.165, 1.54) is 4.90 Å². The Morgan fingerprint density at radius 2 is 2.09 bits per heavy atom. The number of hydrogen-bond donors (Lipinski definition) is 2. The molecule has 0 radical (unpaired) electrons. The SMILES string of the molecule is O=C1CN(NC(=O)[C@H]2CC(=O)N(c3cccc(Br)c3)C2)C(=O)N1. The maximum atomic E-state index is 12.2. The molecule has 0 aliphatic carbocycles. The number of hydrazine groups is 1. The molecule has 2 fully saturated rings. The van der Waals surface area contributed by atoms with Gasteiger partial charge in [0, 0.05) is 23.1 Å². The van der Waals surface area contributed by atoms with Crippen molar-refractivity contribution in [2.24, 2.45) is 5.92 Å². The van der Waals surface area contributed by atoms with Crippen LogP contribution in [-0.2, 0) is 14.4 Å². The van der Waals surface area contributed by atoms with E-state index in [9.17, 15) is 19.2 Å². The van der Waals surface area contributed by atoms with E-state index in [0.717, 1.165) is 9.48 Å². The van der Waals surface area contributed by atoms with E-state index in [-0.39, 0.29) is 25.4 Å². The summed E-state index contributed by atoms with van der Waals surface area (Å²) in [4.78, 5) is 48.4. The molecule has 9 heteroatoms. The van der Waals surface area contributed by atoms with Gasteiger partial charge in [-0.3, -0.25) is 25.1 Å². The highest BCUT2D eigenvalue weighted by molar-refractivity contribution is 9.10. The number of urea groups is 1. The number of hydrogen-bond acceptors (Lipinski definition) is 4. The number of carbonyl (C=O) groups is 4. The summed E-state index contributed by atoms with van der Waals surface area (Å²) in [6.07, 6.45) is 0.0573. The van der Waals surface area contributed by atoms with Crippen LogP contribution in [0.25, 0.3) is 0 Å². The zero-order valence-electron chi connectivity index (χ0n) is 11.9. The van der Waals surface area contributed by atoms with Crippen molar-refractivity contribution in [3.63, 3.8) is 0 Å². The van der Waals surface area contributed by atoms with Crippen LogP contribution in [0.15, 0.2) is 28.7 Å². The van der Waals surface area contributed by atoms with Gasteiger partial charge in [-0.2, -0.15) is 0 Å². The molecule has 2 heterocycles. The van der Waals surface area contributed by atoms with E-state index in [1.807, 2.05) is 6.07 Å². The fourth-order valence-corrected chi connectivity index (χ4v) is 2.92. The lowest BCUT2D eigenvalue weighted by Crippen LogP contribution is -2.47. The van der Waals surface area contributed by atoms with E-state index >= 15 is 0 Å². The lowest BCUT2D eigenvalue weighted by atomic mass is 10.1. The molecule has 2 aliphatic heterocycles. The van der Waals surface area contributed by atoms with Gasteiger partial charge >= 0.3 is 6.03 Å². The molecule has 0 aromatic heterocycles. The van der Waals surface area contributed by atoms with Crippen molar-refractivity contribution in [3.8, 4) is 0 Å². The van der Waals surface area contributed by atoms with Crippen LogP contribution >= 0.6 is 15.9 Å². The summed E-state index contributed by atoms with van der Waals surface area (Å²) in [5.74, 6) is -1.68. The lowest BCUT2D eigenvalue weighted by molar-refractivity contribution is -0.129. The molecule has 0 spiro atoms. The Morgan fingerprint density at radius 1 is 1.30 bits per heavy atom. The van der Waals surface area contributed by atoms with Gasteiger partial charge in [-0.05, 0) is 18.2 Å². The predicted molar refractivity (Wildman–Crippen MR) is 83.0 cm³/mol. The second-order valence-corrected chi connectivity index (χ2v) is 6.22. The normalized spacial score (nSPS) is 20.9. The third-order valence-electron chi connectivity index (χ3n) is 3.65.